The molecule has 0 N–H and O–H groups in total. The van der Waals surface area contributed by atoms with Gasteiger partial charge in [-0.2, -0.15) is 0 Å². The predicted molar refractivity (Wildman–Crippen MR) is 173 cm³/mol. The number of furan rings is 1. The first-order chi connectivity index (χ1) is 21.8. The molecular weight excluding hydrogens is 542 g/mol. The number of rotatable bonds is 4. The summed E-state index contributed by atoms with van der Waals surface area (Å²) in [5, 5.41) is 2.01. The Morgan fingerprint density at radius 3 is 1.93 bits per heavy atom. The van der Waals surface area contributed by atoms with E-state index in [1.54, 1.807) is 6.33 Å². The lowest BCUT2D eigenvalue weighted by Crippen LogP contribution is -2.00. The highest BCUT2D eigenvalue weighted by Gasteiger charge is 2.24. The van der Waals surface area contributed by atoms with Crippen LogP contribution in [0.2, 0.25) is 0 Å². The second-order valence-corrected chi connectivity index (χ2v) is 10.9. The van der Waals surface area contributed by atoms with E-state index >= 15 is 0 Å². The van der Waals surface area contributed by atoms with Crippen molar-refractivity contribution in [3.63, 3.8) is 0 Å². The maximum absolute atomic E-state index is 6.53. The summed E-state index contributed by atoms with van der Waals surface area (Å²) >= 11 is 0. The Kier molecular flexibility index (Phi) is 5.46. The molecule has 0 amide bonds. The lowest BCUT2D eigenvalue weighted by Gasteiger charge is -2.08. The molecule has 0 bridgehead atoms. The summed E-state index contributed by atoms with van der Waals surface area (Å²) in [5.41, 5.74) is 10.8. The Balaban J connectivity index is 1.21. The zero-order valence-electron chi connectivity index (χ0n) is 23.5. The van der Waals surface area contributed by atoms with Crippen molar-refractivity contribution >= 4 is 21.9 Å². The van der Waals surface area contributed by atoms with E-state index in [4.69, 9.17) is 24.4 Å². The molecule has 0 radical (unpaired) electrons. The van der Waals surface area contributed by atoms with Crippen LogP contribution in [0, 0.1) is 0 Å². The van der Waals surface area contributed by atoms with Crippen molar-refractivity contribution in [2.75, 3.05) is 0 Å². The molecule has 0 atom stereocenters. The van der Waals surface area contributed by atoms with Crippen LogP contribution >= 0.6 is 0 Å². The fourth-order valence-electron chi connectivity index (χ4n) is 6.21. The third-order valence-corrected chi connectivity index (χ3v) is 8.30. The summed E-state index contributed by atoms with van der Waals surface area (Å²) in [4.78, 5) is 24.1. The molecule has 0 fully saturated rings. The highest BCUT2D eigenvalue weighted by molar-refractivity contribution is 6.10. The minimum absolute atomic E-state index is 0.564. The topological polar surface area (TPSA) is 77.6 Å². The smallest absolute Gasteiger partial charge is 0.167 e. The first-order valence-corrected chi connectivity index (χ1v) is 14.6. The Bertz CT molecular complexity index is 2310. The third kappa shape index (κ3) is 3.92. The van der Waals surface area contributed by atoms with Gasteiger partial charge in [-0.25, -0.2) is 24.9 Å². The van der Waals surface area contributed by atoms with Gasteiger partial charge in [-0.15, -0.1) is 0 Å². The van der Waals surface area contributed by atoms with E-state index in [-0.39, 0.29) is 0 Å². The van der Waals surface area contributed by atoms with E-state index in [2.05, 4.69) is 47.4 Å². The summed E-state index contributed by atoms with van der Waals surface area (Å²) in [6.45, 7) is 0. The van der Waals surface area contributed by atoms with Crippen LogP contribution in [0.5, 0.6) is 0 Å². The van der Waals surface area contributed by atoms with Crippen molar-refractivity contribution in [1.29, 1.82) is 0 Å². The summed E-state index contributed by atoms with van der Waals surface area (Å²) < 4.78 is 6.53. The van der Waals surface area contributed by atoms with Gasteiger partial charge in [0.1, 0.15) is 17.5 Å². The number of para-hydroxylation sites is 1. The third-order valence-electron chi connectivity index (χ3n) is 8.30. The Hall–Kier alpha value is -6.01. The quantitative estimate of drug-likeness (QED) is 0.212. The van der Waals surface area contributed by atoms with Crippen LogP contribution in [0.3, 0.4) is 0 Å². The van der Waals surface area contributed by atoms with E-state index in [1.165, 1.54) is 11.1 Å². The van der Waals surface area contributed by atoms with E-state index in [9.17, 15) is 0 Å². The van der Waals surface area contributed by atoms with Gasteiger partial charge in [0.25, 0.3) is 0 Å². The van der Waals surface area contributed by atoms with Crippen molar-refractivity contribution in [3.8, 4) is 56.7 Å². The lowest BCUT2D eigenvalue weighted by atomic mass is 10.0. The van der Waals surface area contributed by atoms with Crippen LogP contribution in [0.25, 0.3) is 78.6 Å². The molecule has 3 heterocycles. The molecule has 6 heteroatoms. The fourth-order valence-corrected chi connectivity index (χ4v) is 6.21. The molecule has 5 aromatic carbocycles. The first-order valence-electron chi connectivity index (χ1n) is 14.6. The molecule has 0 spiro atoms. The largest absolute Gasteiger partial charge is 0.455 e. The summed E-state index contributed by atoms with van der Waals surface area (Å²) in [5.74, 6) is 1.79. The zero-order valence-corrected chi connectivity index (χ0v) is 23.5. The number of nitrogens with zero attached hydrogens (tertiary/aromatic N) is 5. The van der Waals surface area contributed by atoms with E-state index in [0.717, 1.165) is 67.6 Å². The van der Waals surface area contributed by atoms with Gasteiger partial charge in [0.15, 0.2) is 17.5 Å². The maximum atomic E-state index is 6.53. The minimum atomic E-state index is 0.564. The second-order valence-electron chi connectivity index (χ2n) is 10.9. The molecule has 8 aromatic rings. The lowest BCUT2D eigenvalue weighted by molar-refractivity contribution is 0.669. The number of hydrogen-bond donors (Lipinski definition) is 0. The van der Waals surface area contributed by atoms with E-state index < -0.39 is 0 Å². The van der Waals surface area contributed by atoms with E-state index in [0.29, 0.717) is 17.5 Å². The number of hydrogen-bond acceptors (Lipinski definition) is 6. The highest BCUT2D eigenvalue weighted by atomic mass is 16.3. The standard InChI is InChI=1S/C38H23N5O/c1-3-10-23(11-4-1)36-41-37(24-12-5-2-6-13-24)43-38(42-36)29-17-9-16-28-30-21-26(18-19-32(30)44-35(28)29)33-31-20-25-14-7-8-15-27(25)34(31)40-22-39-33/h1-19,21-22H,20H2. The fraction of sp³-hybridized carbons (Fsp3) is 0.0263. The number of benzene rings is 5. The Morgan fingerprint density at radius 1 is 0.500 bits per heavy atom. The molecule has 0 saturated heterocycles. The van der Waals surface area contributed by atoms with Crippen LogP contribution in [-0.2, 0) is 6.42 Å². The van der Waals surface area contributed by atoms with Crippen LogP contribution in [0.4, 0.5) is 0 Å². The number of fused-ring (bicyclic) bond motifs is 6. The van der Waals surface area contributed by atoms with Crippen LogP contribution in [0.1, 0.15) is 11.1 Å². The van der Waals surface area contributed by atoms with Gasteiger partial charge in [-0.1, -0.05) is 97.1 Å². The monoisotopic (exact) mass is 565 g/mol. The molecule has 206 valence electrons. The van der Waals surface area contributed by atoms with Crippen LogP contribution < -0.4 is 0 Å². The average molecular weight is 566 g/mol. The molecule has 44 heavy (non-hydrogen) atoms. The van der Waals surface area contributed by atoms with Gasteiger partial charge < -0.3 is 4.42 Å². The van der Waals surface area contributed by atoms with Crippen molar-refractivity contribution in [2.24, 2.45) is 0 Å². The van der Waals surface area contributed by atoms with Gasteiger partial charge in [-0.05, 0) is 29.8 Å². The molecule has 6 nitrogen and oxygen atoms in total. The summed E-state index contributed by atoms with van der Waals surface area (Å²) in [7, 11) is 0. The Morgan fingerprint density at radius 2 is 1.16 bits per heavy atom. The average Bonchev–Trinajstić information content (AvgIpc) is 3.67. The van der Waals surface area contributed by atoms with Crippen LogP contribution in [-0.4, -0.2) is 24.9 Å². The van der Waals surface area contributed by atoms with Gasteiger partial charge in [0, 0.05) is 45.0 Å². The van der Waals surface area contributed by atoms with Gasteiger partial charge in [-0.3, -0.25) is 0 Å². The van der Waals surface area contributed by atoms with Crippen molar-refractivity contribution < 1.29 is 4.42 Å². The summed E-state index contributed by atoms with van der Waals surface area (Å²) in [6, 6.07) is 40.9. The SMILES string of the molecule is c1ccc(-c2nc(-c3ccccc3)nc(-c3cccc4c3oc3ccc(-c5ncnc6c5Cc5ccccc5-6)cc34)n2)cc1. The maximum Gasteiger partial charge on any atom is 0.167 e. The van der Waals surface area contributed by atoms with Crippen molar-refractivity contribution in [3.05, 3.63) is 139 Å². The molecule has 1 aliphatic carbocycles. The van der Waals surface area contributed by atoms with Crippen molar-refractivity contribution in [2.45, 2.75) is 6.42 Å². The van der Waals surface area contributed by atoms with Gasteiger partial charge in [0.2, 0.25) is 0 Å². The molecule has 1 aliphatic rings. The van der Waals surface area contributed by atoms with Crippen molar-refractivity contribution in [1.82, 2.24) is 24.9 Å². The van der Waals surface area contributed by atoms with Gasteiger partial charge >= 0.3 is 0 Å². The highest BCUT2D eigenvalue weighted by Crippen LogP contribution is 2.41. The number of aromatic nitrogens is 5. The molecular formula is C38H23N5O. The molecule has 9 rings (SSSR count). The zero-order chi connectivity index (χ0) is 29.0. The summed E-state index contributed by atoms with van der Waals surface area (Å²) in [6.07, 6.45) is 2.49. The second kappa shape index (κ2) is 9.78. The molecule has 3 aromatic heterocycles. The van der Waals surface area contributed by atoms with Crippen LogP contribution in [0.15, 0.2) is 132 Å². The molecule has 0 unspecified atom stereocenters. The molecule has 0 aliphatic heterocycles. The van der Waals surface area contributed by atoms with E-state index in [1.807, 2.05) is 78.9 Å². The minimum Gasteiger partial charge on any atom is -0.455 e. The predicted octanol–water partition coefficient (Wildman–Crippen LogP) is 8.80. The molecule has 0 saturated carbocycles. The Labute approximate surface area is 252 Å². The van der Waals surface area contributed by atoms with Gasteiger partial charge in [0.05, 0.1) is 17.0 Å². The normalized spacial score (nSPS) is 12.0. The first kappa shape index (κ1) is 24.6.